The van der Waals surface area contributed by atoms with Crippen molar-refractivity contribution in [2.75, 3.05) is 0 Å². The highest BCUT2D eigenvalue weighted by molar-refractivity contribution is 6.31. The molecule has 96 valence electrons. The van der Waals surface area contributed by atoms with Gasteiger partial charge in [-0.3, -0.25) is 11.3 Å². The second-order valence-electron chi connectivity index (χ2n) is 4.15. The Labute approximate surface area is 110 Å². The summed E-state index contributed by atoms with van der Waals surface area (Å²) in [4.78, 5) is 0. The summed E-state index contributed by atoms with van der Waals surface area (Å²) in [5, 5.41) is 0.525. The number of benzene rings is 1. The van der Waals surface area contributed by atoms with Crippen LogP contribution in [0.5, 0.6) is 0 Å². The van der Waals surface area contributed by atoms with E-state index in [-0.39, 0.29) is 11.9 Å². The van der Waals surface area contributed by atoms with Gasteiger partial charge in [-0.1, -0.05) is 11.6 Å². The van der Waals surface area contributed by atoms with Crippen molar-refractivity contribution in [2.24, 2.45) is 5.84 Å². The number of nitrogens with one attached hydrogen (secondary N) is 1. The minimum atomic E-state index is -0.312. The number of hydrogen-bond acceptors (Lipinski definition) is 3. The Bertz CT molecular complexity index is 542. The topological polar surface area (TPSA) is 51.2 Å². The first-order chi connectivity index (χ1) is 8.60. The number of hydrazine groups is 1. The lowest BCUT2D eigenvalue weighted by molar-refractivity contribution is 0.511. The Hall–Kier alpha value is -1.36. The van der Waals surface area contributed by atoms with E-state index in [0.29, 0.717) is 17.0 Å². The maximum absolute atomic E-state index is 13.2. The number of halogens is 2. The molecule has 0 spiro atoms. The number of rotatable bonds is 4. The molecular weight excluding hydrogens is 255 g/mol. The number of aryl methyl sites for hydroxylation is 1. The second-order valence-corrected chi connectivity index (χ2v) is 4.56. The van der Waals surface area contributed by atoms with Crippen LogP contribution in [-0.4, -0.2) is 0 Å². The molecule has 2 rings (SSSR count). The molecule has 18 heavy (non-hydrogen) atoms. The Balaban J connectivity index is 2.22. The molecule has 1 unspecified atom stereocenters. The highest BCUT2D eigenvalue weighted by Crippen LogP contribution is 2.25. The number of furan rings is 1. The Morgan fingerprint density at radius 3 is 2.83 bits per heavy atom. The lowest BCUT2D eigenvalue weighted by Gasteiger charge is -2.15. The van der Waals surface area contributed by atoms with Crippen molar-refractivity contribution in [1.29, 1.82) is 0 Å². The smallest absolute Gasteiger partial charge is 0.123 e. The quantitative estimate of drug-likeness (QED) is 0.662. The third kappa shape index (κ3) is 2.90. The van der Waals surface area contributed by atoms with Gasteiger partial charge in [0.2, 0.25) is 0 Å². The Kier molecular flexibility index (Phi) is 4.01. The van der Waals surface area contributed by atoms with Crippen molar-refractivity contribution < 1.29 is 8.81 Å². The molecule has 1 aromatic carbocycles. The molecule has 0 saturated heterocycles. The van der Waals surface area contributed by atoms with Crippen molar-refractivity contribution in [2.45, 2.75) is 19.4 Å². The third-order valence-corrected chi connectivity index (χ3v) is 3.15. The van der Waals surface area contributed by atoms with Gasteiger partial charge in [-0.25, -0.2) is 4.39 Å². The van der Waals surface area contributed by atoms with Crippen molar-refractivity contribution in [3.8, 4) is 0 Å². The van der Waals surface area contributed by atoms with Crippen LogP contribution in [0.4, 0.5) is 4.39 Å². The van der Waals surface area contributed by atoms with E-state index in [9.17, 15) is 4.39 Å². The molecule has 0 amide bonds. The minimum Gasteiger partial charge on any atom is -0.469 e. The predicted molar refractivity (Wildman–Crippen MR) is 68.6 cm³/mol. The third-order valence-electron chi connectivity index (χ3n) is 2.79. The molecule has 0 aliphatic rings. The molecule has 3 N–H and O–H groups in total. The zero-order chi connectivity index (χ0) is 13.1. The van der Waals surface area contributed by atoms with E-state index in [1.165, 1.54) is 12.1 Å². The van der Waals surface area contributed by atoms with Crippen LogP contribution < -0.4 is 11.3 Å². The van der Waals surface area contributed by atoms with E-state index >= 15 is 0 Å². The SMILES string of the molecule is Cc1cc(C(Cc2cc(F)ccc2Cl)NN)co1. The van der Waals surface area contributed by atoms with Crippen molar-refractivity contribution in [3.63, 3.8) is 0 Å². The van der Waals surface area contributed by atoms with E-state index in [2.05, 4.69) is 5.43 Å². The van der Waals surface area contributed by atoms with Gasteiger partial charge in [0, 0.05) is 10.6 Å². The first-order valence-electron chi connectivity index (χ1n) is 5.55. The standard InChI is InChI=1S/C13H14ClFN2O/c1-8-4-10(7-18-8)13(17-16)6-9-5-11(15)2-3-12(9)14/h2-5,7,13,17H,6,16H2,1H3. The van der Waals surface area contributed by atoms with Crippen molar-refractivity contribution >= 4 is 11.6 Å². The van der Waals surface area contributed by atoms with Crippen LogP contribution in [0.15, 0.2) is 34.9 Å². The first-order valence-corrected chi connectivity index (χ1v) is 5.93. The molecule has 0 aliphatic carbocycles. The van der Waals surface area contributed by atoms with E-state index in [0.717, 1.165) is 11.3 Å². The van der Waals surface area contributed by atoms with Crippen molar-refractivity contribution in [3.05, 3.63) is 58.3 Å². The maximum Gasteiger partial charge on any atom is 0.123 e. The molecule has 0 fully saturated rings. The predicted octanol–water partition coefficient (Wildman–Crippen LogP) is 3.13. The van der Waals surface area contributed by atoms with Crippen molar-refractivity contribution in [1.82, 2.24) is 5.43 Å². The van der Waals surface area contributed by atoms with Gasteiger partial charge < -0.3 is 4.42 Å². The van der Waals surface area contributed by atoms with E-state index in [1.54, 1.807) is 12.3 Å². The van der Waals surface area contributed by atoms with Crippen LogP contribution >= 0.6 is 11.6 Å². The number of hydrogen-bond donors (Lipinski definition) is 2. The molecule has 1 aromatic heterocycles. The molecule has 2 aromatic rings. The van der Waals surface area contributed by atoms with E-state index in [1.807, 2.05) is 13.0 Å². The largest absolute Gasteiger partial charge is 0.469 e. The van der Waals surface area contributed by atoms with Gasteiger partial charge in [-0.2, -0.15) is 0 Å². The molecule has 0 saturated carbocycles. The lowest BCUT2D eigenvalue weighted by atomic mass is 10.0. The summed E-state index contributed by atoms with van der Waals surface area (Å²) in [7, 11) is 0. The first kappa shape index (κ1) is 13.1. The Morgan fingerprint density at radius 1 is 1.44 bits per heavy atom. The number of nitrogens with two attached hydrogens (primary N) is 1. The van der Waals surface area contributed by atoms with Crippen LogP contribution in [0.25, 0.3) is 0 Å². The molecule has 0 radical (unpaired) electrons. The van der Waals surface area contributed by atoms with Gasteiger partial charge in [0.25, 0.3) is 0 Å². The van der Waals surface area contributed by atoms with Crippen LogP contribution in [0.1, 0.15) is 22.9 Å². The van der Waals surface area contributed by atoms with Gasteiger partial charge in [-0.05, 0) is 43.2 Å². The summed E-state index contributed by atoms with van der Waals surface area (Å²) in [6.45, 7) is 1.85. The highest BCUT2D eigenvalue weighted by atomic mass is 35.5. The molecular formula is C13H14ClFN2O. The van der Waals surface area contributed by atoms with Gasteiger partial charge in [0.1, 0.15) is 11.6 Å². The normalized spacial score (nSPS) is 12.7. The molecule has 1 atom stereocenters. The van der Waals surface area contributed by atoms with E-state index in [4.69, 9.17) is 21.9 Å². The van der Waals surface area contributed by atoms with Gasteiger partial charge >= 0.3 is 0 Å². The average molecular weight is 269 g/mol. The van der Waals surface area contributed by atoms with Gasteiger partial charge in [0.05, 0.1) is 12.3 Å². The fourth-order valence-corrected chi connectivity index (χ4v) is 2.03. The summed E-state index contributed by atoms with van der Waals surface area (Å²) in [5.41, 5.74) is 4.31. The fraction of sp³-hybridized carbons (Fsp3) is 0.231. The minimum absolute atomic E-state index is 0.165. The Morgan fingerprint density at radius 2 is 2.22 bits per heavy atom. The summed E-state index contributed by atoms with van der Waals surface area (Å²) < 4.78 is 18.4. The maximum atomic E-state index is 13.2. The molecule has 3 nitrogen and oxygen atoms in total. The summed E-state index contributed by atoms with van der Waals surface area (Å²) in [6, 6.07) is 6.01. The monoisotopic (exact) mass is 268 g/mol. The zero-order valence-corrected chi connectivity index (χ0v) is 10.7. The van der Waals surface area contributed by atoms with Crippen LogP contribution in [0.3, 0.4) is 0 Å². The summed E-state index contributed by atoms with van der Waals surface area (Å²) in [6.07, 6.45) is 2.12. The van der Waals surface area contributed by atoms with Crippen LogP contribution in [0, 0.1) is 12.7 Å². The lowest BCUT2D eigenvalue weighted by Crippen LogP contribution is -2.29. The summed E-state index contributed by atoms with van der Waals surface area (Å²) in [5.74, 6) is 6.01. The van der Waals surface area contributed by atoms with Gasteiger partial charge in [0.15, 0.2) is 0 Å². The van der Waals surface area contributed by atoms with Crippen LogP contribution in [-0.2, 0) is 6.42 Å². The fourth-order valence-electron chi connectivity index (χ4n) is 1.84. The van der Waals surface area contributed by atoms with Gasteiger partial charge in [-0.15, -0.1) is 0 Å². The molecule has 0 aliphatic heterocycles. The molecule has 0 bridgehead atoms. The molecule has 1 heterocycles. The average Bonchev–Trinajstić information content (AvgIpc) is 2.77. The highest BCUT2D eigenvalue weighted by Gasteiger charge is 2.15. The van der Waals surface area contributed by atoms with E-state index < -0.39 is 0 Å². The molecule has 5 heteroatoms. The summed E-state index contributed by atoms with van der Waals surface area (Å²) >= 11 is 6.03. The van der Waals surface area contributed by atoms with Crippen LogP contribution in [0.2, 0.25) is 5.02 Å². The second kappa shape index (κ2) is 5.52. The zero-order valence-electron chi connectivity index (χ0n) is 9.91.